The van der Waals surface area contributed by atoms with E-state index < -0.39 is 0 Å². The van der Waals surface area contributed by atoms with Gasteiger partial charge in [-0.05, 0) is 22.6 Å². The molecule has 0 aliphatic heterocycles. The smallest absolute Gasteiger partial charge is 0.269 e. The summed E-state index contributed by atoms with van der Waals surface area (Å²) in [6.45, 7) is 1.76. The van der Waals surface area contributed by atoms with Crippen LogP contribution in [0.4, 0.5) is 0 Å². The molecule has 0 N–H and O–H groups in total. The number of rotatable bonds is 1. The van der Waals surface area contributed by atoms with Crippen LogP contribution in [-0.4, -0.2) is 20.0 Å². The Morgan fingerprint density at radius 2 is 2.23 bits per heavy atom. The molecule has 0 unspecified atom stereocenters. The van der Waals surface area contributed by atoms with E-state index in [2.05, 4.69) is 37.9 Å². The lowest BCUT2D eigenvalue weighted by Gasteiger charge is -1.86. The molecule has 0 saturated carbocycles. The maximum atomic E-state index is 5.26. The van der Waals surface area contributed by atoms with Crippen molar-refractivity contribution in [2.24, 2.45) is 7.05 Å². The Labute approximate surface area is 88.3 Å². The number of nitrogens with zero attached hydrogens (tertiary/aromatic N) is 4. The van der Waals surface area contributed by atoms with E-state index in [0.29, 0.717) is 11.8 Å². The second-order valence-electron chi connectivity index (χ2n) is 2.63. The fourth-order valence-corrected chi connectivity index (χ4v) is 1.74. The third-order valence-electron chi connectivity index (χ3n) is 1.51. The molecule has 2 aromatic rings. The minimum Gasteiger partial charge on any atom is -0.420 e. The first-order valence-electron chi connectivity index (χ1n) is 3.66. The van der Waals surface area contributed by atoms with Gasteiger partial charge in [0, 0.05) is 20.2 Å². The molecular weight excluding hydrogens is 283 g/mol. The van der Waals surface area contributed by atoms with Crippen molar-refractivity contribution in [3.05, 3.63) is 15.7 Å². The second-order valence-corrected chi connectivity index (χ2v) is 3.79. The molecule has 0 saturated heterocycles. The van der Waals surface area contributed by atoms with Gasteiger partial charge in [-0.25, -0.2) is 0 Å². The van der Waals surface area contributed by atoms with Gasteiger partial charge in [0.2, 0.25) is 5.89 Å². The van der Waals surface area contributed by atoms with E-state index in [-0.39, 0.29) is 0 Å². The summed E-state index contributed by atoms with van der Waals surface area (Å²) in [5.41, 5.74) is 0.740. The van der Waals surface area contributed by atoms with E-state index in [0.717, 1.165) is 9.26 Å². The molecule has 0 spiro atoms. The summed E-state index contributed by atoms with van der Waals surface area (Å²) < 4.78 is 7.98. The Balaban J connectivity index is 2.51. The molecule has 2 aromatic heterocycles. The lowest BCUT2D eigenvalue weighted by atomic mass is 10.4. The highest BCUT2D eigenvalue weighted by atomic mass is 127. The standard InChI is InChI=1S/C7H7IN4O/c1-4-9-10-7(13-4)6-5(8)3-12(2)11-6/h3H,1-2H3. The van der Waals surface area contributed by atoms with Crippen LogP contribution < -0.4 is 0 Å². The molecule has 2 rings (SSSR count). The van der Waals surface area contributed by atoms with Crippen LogP contribution in [0.2, 0.25) is 0 Å². The highest BCUT2D eigenvalue weighted by molar-refractivity contribution is 14.1. The van der Waals surface area contributed by atoms with Crippen molar-refractivity contribution in [3.63, 3.8) is 0 Å². The molecule has 0 aromatic carbocycles. The molecule has 68 valence electrons. The van der Waals surface area contributed by atoms with Crippen molar-refractivity contribution in [2.45, 2.75) is 6.92 Å². The molecule has 0 radical (unpaired) electrons. The Hall–Kier alpha value is -0.920. The number of hydrogen-bond donors (Lipinski definition) is 0. The van der Waals surface area contributed by atoms with Crippen molar-refractivity contribution in [2.75, 3.05) is 0 Å². The van der Waals surface area contributed by atoms with E-state index in [4.69, 9.17) is 4.42 Å². The van der Waals surface area contributed by atoms with Crippen molar-refractivity contribution in [1.29, 1.82) is 0 Å². The lowest BCUT2D eigenvalue weighted by molar-refractivity contribution is 0.529. The van der Waals surface area contributed by atoms with Crippen LogP contribution in [0, 0.1) is 10.5 Å². The fourth-order valence-electron chi connectivity index (χ4n) is 0.997. The zero-order chi connectivity index (χ0) is 9.42. The van der Waals surface area contributed by atoms with Crippen LogP contribution >= 0.6 is 22.6 Å². The van der Waals surface area contributed by atoms with Gasteiger partial charge in [-0.2, -0.15) is 5.10 Å². The van der Waals surface area contributed by atoms with E-state index in [1.54, 1.807) is 11.6 Å². The van der Waals surface area contributed by atoms with Crippen LogP contribution in [0.15, 0.2) is 10.6 Å². The molecule has 6 heteroatoms. The summed E-state index contributed by atoms with van der Waals surface area (Å²) in [5, 5.41) is 11.8. The van der Waals surface area contributed by atoms with Crippen molar-refractivity contribution < 1.29 is 4.42 Å². The van der Waals surface area contributed by atoms with Crippen LogP contribution in [-0.2, 0) is 7.05 Å². The first-order valence-corrected chi connectivity index (χ1v) is 4.74. The maximum absolute atomic E-state index is 5.26. The van der Waals surface area contributed by atoms with Gasteiger partial charge in [-0.1, -0.05) is 0 Å². The number of aromatic nitrogens is 4. The van der Waals surface area contributed by atoms with Gasteiger partial charge in [0.1, 0.15) is 0 Å². The van der Waals surface area contributed by atoms with Gasteiger partial charge in [-0.15, -0.1) is 10.2 Å². The number of halogens is 1. The predicted molar refractivity (Wildman–Crippen MR) is 54.0 cm³/mol. The molecular formula is C7H7IN4O. The molecule has 2 heterocycles. The zero-order valence-electron chi connectivity index (χ0n) is 7.15. The Morgan fingerprint density at radius 3 is 2.69 bits per heavy atom. The average molecular weight is 290 g/mol. The van der Waals surface area contributed by atoms with Gasteiger partial charge in [-0.3, -0.25) is 4.68 Å². The first kappa shape index (κ1) is 8.67. The van der Waals surface area contributed by atoms with Gasteiger partial charge in [0.15, 0.2) is 5.69 Å². The monoisotopic (exact) mass is 290 g/mol. The van der Waals surface area contributed by atoms with Gasteiger partial charge >= 0.3 is 0 Å². The van der Waals surface area contributed by atoms with E-state index in [1.165, 1.54) is 0 Å². The number of aryl methyl sites for hydroxylation is 2. The third-order valence-corrected chi connectivity index (χ3v) is 2.30. The van der Waals surface area contributed by atoms with Gasteiger partial charge in [0.05, 0.1) is 3.57 Å². The van der Waals surface area contributed by atoms with E-state index in [9.17, 15) is 0 Å². The van der Waals surface area contributed by atoms with Crippen molar-refractivity contribution in [1.82, 2.24) is 20.0 Å². The molecule has 0 bridgehead atoms. The molecule has 0 atom stereocenters. The summed E-state index contributed by atoms with van der Waals surface area (Å²) in [4.78, 5) is 0. The van der Waals surface area contributed by atoms with Crippen LogP contribution in [0.25, 0.3) is 11.6 Å². The zero-order valence-corrected chi connectivity index (χ0v) is 9.31. The molecule has 0 fully saturated rings. The normalized spacial score (nSPS) is 10.7. The van der Waals surface area contributed by atoms with Crippen molar-refractivity contribution in [3.8, 4) is 11.6 Å². The maximum Gasteiger partial charge on any atom is 0.269 e. The van der Waals surface area contributed by atoms with Crippen LogP contribution in [0.3, 0.4) is 0 Å². The Morgan fingerprint density at radius 1 is 1.46 bits per heavy atom. The summed E-state index contributed by atoms with van der Waals surface area (Å²) in [5.74, 6) is 1.03. The summed E-state index contributed by atoms with van der Waals surface area (Å²) >= 11 is 2.18. The molecule has 0 aliphatic carbocycles. The molecule has 5 nitrogen and oxygen atoms in total. The molecule has 0 amide bonds. The van der Waals surface area contributed by atoms with Gasteiger partial charge < -0.3 is 4.42 Å². The van der Waals surface area contributed by atoms with Crippen LogP contribution in [0.5, 0.6) is 0 Å². The average Bonchev–Trinajstić information content (AvgIpc) is 2.58. The fraction of sp³-hybridized carbons (Fsp3) is 0.286. The van der Waals surface area contributed by atoms with Crippen LogP contribution in [0.1, 0.15) is 5.89 Å². The Bertz CT molecular complexity index is 433. The minimum atomic E-state index is 0.475. The quantitative estimate of drug-likeness (QED) is 0.745. The highest BCUT2D eigenvalue weighted by Crippen LogP contribution is 2.21. The minimum absolute atomic E-state index is 0.475. The largest absolute Gasteiger partial charge is 0.420 e. The van der Waals surface area contributed by atoms with E-state index in [1.807, 2.05) is 13.2 Å². The van der Waals surface area contributed by atoms with Gasteiger partial charge in [0.25, 0.3) is 5.89 Å². The summed E-state index contributed by atoms with van der Waals surface area (Å²) in [7, 11) is 1.86. The SMILES string of the molecule is Cc1nnc(-c2nn(C)cc2I)o1. The number of hydrogen-bond acceptors (Lipinski definition) is 4. The third kappa shape index (κ3) is 1.58. The molecule has 13 heavy (non-hydrogen) atoms. The van der Waals surface area contributed by atoms with E-state index >= 15 is 0 Å². The first-order chi connectivity index (χ1) is 6.16. The second kappa shape index (κ2) is 3.09. The Kier molecular flexibility index (Phi) is 2.06. The summed E-state index contributed by atoms with van der Waals surface area (Å²) in [6.07, 6.45) is 1.90. The van der Waals surface area contributed by atoms with Crippen molar-refractivity contribution >= 4 is 22.6 Å². The summed E-state index contributed by atoms with van der Waals surface area (Å²) in [6, 6.07) is 0. The topological polar surface area (TPSA) is 56.7 Å². The lowest BCUT2D eigenvalue weighted by Crippen LogP contribution is -1.87. The predicted octanol–water partition coefficient (Wildman–Crippen LogP) is 1.38. The molecule has 0 aliphatic rings. The highest BCUT2D eigenvalue weighted by Gasteiger charge is 2.13.